The average Bonchev–Trinajstić information content (AvgIpc) is 3.34. The van der Waals surface area contributed by atoms with E-state index in [1.807, 2.05) is 32.0 Å². The molecule has 0 radical (unpaired) electrons. The maximum Gasteiger partial charge on any atom is 0.343 e. The summed E-state index contributed by atoms with van der Waals surface area (Å²) < 4.78 is 35.2. The van der Waals surface area contributed by atoms with Gasteiger partial charge in [0.25, 0.3) is 5.56 Å². The Labute approximate surface area is 271 Å². The summed E-state index contributed by atoms with van der Waals surface area (Å²) in [4.78, 5) is 44.2. The fourth-order valence-corrected chi connectivity index (χ4v) is 5.91. The molecule has 12 heteroatoms. The van der Waals surface area contributed by atoms with Gasteiger partial charge in [-0.1, -0.05) is 36.8 Å². The number of hydrogen-bond acceptors (Lipinski definition) is 11. The summed E-state index contributed by atoms with van der Waals surface area (Å²) in [6, 6.07) is 9.75. The van der Waals surface area contributed by atoms with Crippen LogP contribution in [0.3, 0.4) is 0 Å². The van der Waals surface area contributed by atoms with Crippen molar-refractivity contribution in [2.75, 3.05) is 40.1 Å². The van der Waals surface area contributed by atoms with E-state index in [0.29, 0.717) is 63.4 Å². The first kappa shape index (κ1) is 34.3. The summed E-state index contributed by atoms with van der Waals surface area (Å²) in [5.74, 6) is 0.771. The van der Waals surface area contributed by atoms with Crippen LogP contribution in [0.5, 0.6) is 23.0 Å². The highest BCUT2D eigenvalue weighted by Crippen LogP contribution is 2.36. The summed E-state index contributed by atoms with van der Waals surface area (Å²) in [5.41, 5.74) is 1.67. The Morgan fingerprint density at radius 1 is 0.913 bits per heavy atom. The summed E-state index contributed by atoms with van der Waals surface area (Å²) >= 11 is 1.22. The molecule has 246 valence electrons. The molecule has 46 heavy (non-hydrogen) atoms. The maximum atomic E-state index is 14.1. The molecule has 1 aliphatic rings. The summed E-state index contributed by atoms with van der Waals surface area (Å²) in [6.45, 7) is 10.5. The second-order valence-corrected chi connectivity index (χ2v) is 11.2. The molecular formula is C34H40N2O9S. The lowest BCUT2D eigenvalue weighted by molar-refractivity contribution is -0.143. The van der Waals surface area contributed by atoms with Gasteiger partial charge in [0.2, 0.25) is 0 Å². The van der Waals surface area contributed by atoms with Crippen molar-refractivity contribution in [3.8, 4) is 23.0 Å². The molecule has 2 aromatic carbocycles. The second-order valence-electron chi connectivity index (χ2n) is 10.1. The second kappa shape index (κ2) is 16.1. The van der Waals surface area contributed by atoms with E-state index < -0.39 is 18.0 Å². The molecular weight excluding hydrogens is 612 g/mol. The van der Waals surface area contributed by atoms with Crippen molar-refractivity contribution in [2.45, 2.75) is 53.5 Å². The molecule has 0 saturated heterocycles. The minimum atomic E-state index is -0.861. The number of fused-ring (bicyclic) bond motifs is 1. The van der Waals surface area contributed by atoms with Crippen LogP contribution in [-0.2, 0) is 19.1 Å². The van der Waals surface area contributed by atoms with E-state index in [-0.39, 0.29) is 24.3 Å². The van der Waals surface area contributed by atoms with Crippen LogP contribution < -0.4 is 33.8 Å². The molecule has 0 spiro atoms. The first-order chi connectivity index (χ1) is 22.3. The van der Waals surface area contributed by atoms with Crippen LogP contribution in [0, 0.1) is 0 Å². The highest BCUT2D eigenvalue weighted by molar-refractivity contribution is 7.07. The number of hydrogen-bond donors (Lipinski definition) is 0. The summed E-state index contributed by atoms with van der Waals surface area (Å²) in [6.07, 6.45) is 3.72. The van der Waals surface area contributed by atoms with Crippen molar-refractivity contribution in [3.63, 3.8) is 0 Å². The SMILES string of the molecule is CCCCOc1ccc(/C=c2\sc3n(c2=O)[C@H](c2ccc(OCC(=O)OC)c(OCC)c2)C(C(=O)OCC)=C(C)N=3)cc1OCC. The molecule has 2 heterocycles. The molecule has 4 rings (SSSR count). The number of aromatic nitrogens is 1. The Balaban J connectivity index is 1.84. The number of ether oxygens (including phenoxy) is 6. The third kappa shape index (κ3) is 7.79. The molecule has 0 unspecified atom stereocenters. The van der Waals surface area contributed by atoms with Gasteiger partial charge >= 0.3 is 11.9 Å². The molecule has 0 saturated carbocycles. The number of benzene rings is 2. The molecule has 1 atom stereocenters. The van der Waals surface area contributed by atoms with Crippen molar-refractivity contribution in [1.29, 1.82) is 0 Å². The number of esters is 2. The first-order valence-electron chi connectivity index (χ1n) is 15.3. The lowest BCUT2D eigenvalue weighted by Crippen LogP contribution is -2.40. The van der Waals surface area contributed by atoms with E-state index in [1.54, 1.807) is 38.1 Å². The van der Waals surface area contributed by atoms with Gasteiger partial charge in [-0.25, -0.2) is 14.6 Å². The Morgan fingerprint density at radius 3 is 2.28 bits per heavy atom. The van der Waals surface area contributed by atoms with Crippen LogP contribution in [0.2, 0.25) is 0 Å². The smallest absolute Gasteiger partial charge is 0.343 e. The van der Waals surface area contributed by atoms with Crippen molar-refractivity contribution in [2.24, 2.45) is 4.99 Å². The largest absolute Gasteiger partial charge is 0.490 e. The van der Waals surface area contributed by atoms with E-state index in [0.717, 1.165) is 18.4 Å². The first-order valence-corrected chi connectivity index (χ1v) is 16.1. The van der Waals surface area contributed by atoms with Gasteiger partial charge in [0.05, 0.1) is 55.4 Å². The van der Waals surface area contributed by atoms with Gasteiger partial charge in [0, 0.05) is 0 Å². The lowest BCUT2D eigenvalue weighted by atomic mass is 9.95. The highest BCUT2D eigenvalue weighted by atomic mass is 32.1. The number of nitrogens with zero attached hydrogens (tertiary/aromatic N) is 2. The maximum absolute atomic E-state index is 14.1. The summed E-state index contributed by atoms with van der Waals surface area (Å²) in [5, 5.41) is 0. The number of allylic oxidation sites excluding steroid dienone is 1. The highest BCUT2D eigenvalue weighted by Gasteiger charge is 2.34. The van der Waals surface area contributed by atoms with Gasteiger partial charge in [-0.3, -0.25) is 9.36 Å². The van der Waals surface area contributed by atoms with Gasteiger partial charge < -0.3 is 28.4 Å². The molecule has 0 amide bonds. The number of unbranched alkanes of at least 4 members (excludes halogenated alkanes) is 1. The fraction of sp³-hybridized carbons (Fsp3) is 0.412. The van der Waals surface area contributed by atoms with Crippen molar-refractivity contribution < 1.29 is 38.0 Å². The summed E-state index contributed by atoms with van der Waals surface area (Å²) in [7, 11) is 1.27. The molecule has 0 aliphatic carbocycles. The quantitative estimate of drug-likeness (QED) is 0.174. The third-order valence-electron chi connectivity index (χ3n) is 6.99. The van der Waals surface area contributed by atoms with Crippen LogP contribution in [0.4, 0.5) is 0 Å². The van der Waals surface area contributed by atoms with Gasteiger partial charge in [0.15, 0.2) is 34.4 Å². The van der Waals surface area contributed by atoms with Gasteiger partial charge in [0.1, 0.15) is 0 Å². The monoisotopic (exact) mass is 652 g/mol. The van der Waals surface area contributed by atoms with Crippen LogP contribution in [0.1, 0.15) is 64.6 Å². The zero-order valence-electron chi connectivity index (χ0n) is 27.0. The zero-order chi connectivity index (χ0) is 33.2. The minimum absolute atomic E-state index is 0.150. The van der Waals surface area contributed by atoms with E-state index in [2.05, 4.69) is 16.7 Å². The predicted molar refractivity (Wildman–Crippen MR) is 174 cm³/mol. The van der Waals surface area contributed by atoms with Crippen molar-refractivity contribution in [1.82, 2.24) is 4.57 Å². The third-order valence-corrected chi connectivity index (χ3v) is 7.98. The molecule has 0 N–H and O–H groups in total. The van der Waals surface area contributed by atoms with Crippen molar-refractivity contribution in [3.05, 3.63) is 78.5 Å². The zero-order valence-corrected chi connectivity index (χ0v) is 27.9. The standard InChI is InChI=1S/C34H40N2O9S/c1-7-11-16-44-24-14-12-22(17-26(24)41-8-2)18-28-32(38)36-31(30(33(39)43-10-4)21(5)35-34(36)46-28)23-13-15-25(27(19-23)42-9-3)45-20-29(37)40-6/h12-15,17-19,31H,7-11,16,20H2,1-6H3/b28-18-/t31-/m1/s1. The van der Waals surface area contributed by atoms with E-state index in [4.69, 9.17) is 23.7 Å². The number of methoxy groups -OCH3 is 1. The molecule has 1 aliphatic heterocycles. The Hall–Kier alpha value is -4.58. The normalized spacial score (nSPS) is 14.3. The van der Waals surface area contributed by atoms with Crippen LogP contribution in [-0.4, -0.2) is 56.6 Å². The predicted octanol–water partition coefficient (Wildman–Crippen LogP) is 4.33. The molecule has 0 fully saturated rings. The Bertz CT molecular complexity index is 1770. The topological polar surface area (TPSA) is 124 Å². The minimum Gasteiger partial charge on any atom is -0.490 e. The fourth-order valence-electron chi connectivity index (χ4n) is 4.86. The molecule has 11 nitrogen and oxygen atoms in total. The van der Waals surface area contributed by atoms with Gasteiger partial charge in [-0.2, -0.15) is 0 Å². The molecule has 0 bridgehead atoms. The number of carbonyl (C=O) groups is 2. The average molecular weight is 653 g/mol. The molecule has 3 aromatic rings. The van der Waals surface area contributed by atoms with E-state index in [1.165, 1.54) is 23.0 Å². The lowest BCUT2D eigenvalue weighted by Gasteiger charge is -2.25. The van der Waals surface area contributed by atoms with Gasteiger partial charge in [-0.15, -0.1) is 0 Å². The van der Waals surface area contributed by atoms with E-state index in [9.17, 15) is 14.4 Å². The van der Waals surface area contributed by atoms with E-state index >= 15 is 0 Å². The van der Waals surface area contributed by atoms with Crippen LogP contribution in [0.25, 0.3) is 6.08 Å². The Kier molecular flexibility index (Phi) is 12.0. The number of rotatable bonds is 15. The Morgan fingerprint density at radius 2 is 1.61 bits per heavy atom. The van der Waals surface area contributed by atoms with Gasteiger partial charge in [-0.05, 0) is 75.6 Å². The number of carbonyl (C=O) groups excluding carboxylic acids is 2. The number of thiazole rings is 1. The van der Waals surface area contributed by atoms with Crippen molar-refractivity contribution >= 4 is 29.4 Å². The van der Waals surface area contributed by atoms with Crippen LogP contribution in [0.15, 0.2) is 57.5 Å². The molecule has 1 aromatic heterocycles. The van der Waals surface area contributed by atoms with Crippen LogP contribution >= 0.6 is 11.3 Å².